The number of nitrogens with zero attached hydrogens (tertiary/aromatic N) is 2. The first-order valence-electron chi connectivity index (χ1n) is 5.10. The number of hydrogen-bond donors (Lipinski definition) is 2. The highest BCUT2D eigenvalue weighted by Gasteiger charge is 2.07. The molecular weight excluding hydrogens is 284 g/mol. The molecule has 0 atom stereocenters. The Morgan fingerprint density at radius 1 is 1.33 bits per heavy atom. The smallest absolute Gasteiger partial charge is 0.179 e. The van der Waals surface area contributed by atoms with E-state index in [-0.39, 0.29) is 5.84 Å². The van der Waals surface area contributed by atoms with E-state index in [2.05, 4.69) is 10.2 Å². The SMILES string of the molecule is CSc1nnc(Sc2ccc(C(=N)N)c(C)c2)s1. The molecule has 2 rings (SSSR count). The van der Waals surface area contributed by atoms with Gasteiger partial charge in [-0.25, -0.2) is 0 Å². The van der Waals surface area contributed by atoms with Gasteiger partial charge in [0.1, 0.15) is 5.84 Å². The number of hydrogen-bond acceptors (Lipinski definition) is 6. The molecular formula is C11H12N4S3. The molecule has 0 saturated heterocycles. The van der Waals surface area contributed by atoms with Gasteiger partial charge in [-0.15, -0.1) is 10.2 Å². The number of benzene rings is 1. The first-order chi connectivity index (χ1) is 8.60. The van der Waals surface area contributed by atoms with Crippen molar-refractivity contribution in [1.29, 1.82) is 5.41 Å². The van der Waals surface area contributed by atoms with Gasteiger partial charge in [0.15, 0.2) is 8.68 Å². The van der Waals surface area contributed by atoms with Gasteiger partial charge in [-0.2, -0.15) is 0 Å². The van der Waals surface area contributed by atoms with Crippen molar-refractivity contribution in [1.82, 2.24) is 10.2 Å². The highest BCUT2D eigenvalue weighted by atomic mass is 32.2. The molecule has 4 nitrogen and oxygen atoms in total. The zero-order valence-electron chi connectivity index (χ0n) is 9.93. The van der Waals surface area contributed by atoms with Gasteiger partial charge >= 0.3 is 0 Å². The maximum absolute atomic E-state index is 7.44. The molecule has 0 amide bonds. The van der Waals surface area contributed by atoms with Crippen LogP contribution in [0.1, 0.15) is 11.1 Å². The molecule has 7 heteroatoms. The summed E-state index contributed by atoms with van der Waals surface area (Å²) in [6.07, 6.45) is 1.99. The average Bonchev–Trinajstić information content (AvgIpc) is 2.76. The molecule has 94 valence electrons. The molecule has 0 aliphatic rings. The van der Waals surface area contributed by atoms with Crippen LogP contribution in [0, 0.1) is 12.3 Å². The van der Waals surface area contributed by atoms with Crippen LogP contribution in [0.4, 0.5) is 0 Å². The zero-order chi connectivity index (χ0) is 13.1. The van der Waals surface area contributed by atoms with E-state index in [1.54, 1.807) is 34.9 Å². The monoisotopic (exact) mass is 296 g/mol. The van der Waals surface area contributed by atoms with Crippen molar-refractivity contribution in [3.63, 3.8) is 0 Å². The van der Waals surface area contributed by atoms with E-state index in [1.807, 2.05) is 31.4 Å². The second-order valence-electron chi connectivity index (χ2n) is 3.53. The predicted octanol–water partition coefficient (Wildman–Crippen LogP) is 3.00. The standard InChI is InChI=1S/C11H12N4S3/c1-6-5-7(3-4-8(6)9(12)13)17-11-15-14-10(16-2)18-11/h3-5H,1-2H3,(H3,12,13). The first kappa shape index (κ1) is 13.4. The summed E-state index contributed by atoms with van der Waals surface area (Å²) in [5.41, 5.74) is 7.27. The van der Waals surface area contributed by atoms with Crippen LogP contribution in [0.25, 0.3) is 0 Å². The van der Waals surface area contributed by atoms with Crippen LogP contribution in [-0.4, -0.2) is 22.3 Å². The minimum Gasteiger partial charge on any atom is -0.384 e. The molecule has 0 aliphatic heterocycles. The fourth-order valence-corrected chi connectivity index (χ4v) is 3.93. The normalized spacial score (nSPS) is 10.6. The molecule has 0 saturated carbocycles. The maximum atomic E-state index is 7.44. The third-order valence-corrected chi connectivity index (χ3v) is 5.20. The van der Waals surface area contributed by atoms with Gasteiger partial charge < -0.3 is 5.73 Å². The minimum absolute atomic E-state index is 0.102. The van der Waals surface area contributed by atoms with Crippen LogP contribution in [0.3, 0.4) is 0 Å². The second kappa shape index (κ2) is 5.73. The summed E-state index contributed by atoms with van der Waals surface area (Å²) in [6, 6.07) is 5.84. The topological polar surface area (TPSA) is 75.7 Å². The van der Waals surface area contributed by atoms with Crippen molar-refractivity contribution in [3.05, 3.63) is 29.3 Å². The molecule has 0 unspecified atom stereocenters. The first-order valence-corrected chi connectivity index (χ1v) is 7.96. The molecule has 18 heavy (non-hydrogen) atoms. The number of aromatic nitrogens is 2. The van der Waals surface area contributed by atoms with E-state index >= 15 is 0 Å². The van der Waals surface area contributed by atoms with Gasteiger partial charge in [0, 0.05) is 10.5 Å². The van der Waals surface area contributed by atoms with E-state index in [1.165, 1.54) is 0 Å². The van der Waals surface area contributed by atoms with Crippen molar-refractivity contribution in [2.45, 2.75) is 20.5 Å². The molecule has 1 aromatic carbocycles. The van der Waals surface area contributed by atoms with E-state index < -0.39 is 0 Å². The second-order valence-corrected chi connectivity index (χ2v) is 6.88. The largest absolute Gasteiger partial charge is 0.384 e. The summed E-state index contributed by atoms with van der Waals surface area (Å²) in [5.74, 6) is 0.102. The van der Waals surface area contributed by atoms with Gasteiger partial charge in [0.25, 0.3) is 0 Å². The number of thioether (sulfide) groups is 1. The Balaban J connectivity index is 2.19. The number of nitrogens with two attached hydrogens (primary N) is 1. The van der Waals surface area contributed by atoms with Gasteiger partial charge in [-0.3, -0.25) is 5.41 Å². The summed E-state index contributed by atoms with van der Waals surface area (Å²) in [7, 11) is 0. The molecule has 0 spiro atoms. The fraction of sp³-hybridized carbons (Fsp3) is 0.182. The number of aryl methyl sites for hydroxylation is 1. The Morgan fingerprint density at radius 2 is 2.06 bits per heavy atom. The van der Waals surface area contributed by atoms with Gasteiger partial charge in [0.2, 0.25) is 0 Å². The summed E-state index contributed by atoms with van der Waals surface area (Å²) in [5, 5.41) is 15.6. The highest BCUT2D eigenvalue weighted by molar-refractivity contribution is 8.03. The third kappa shape index (κ3) is 3.04. The van der Waals surface area contributed by atoms with Crippen LogP contribution in [0.15, 0.2) is 31.8 Å². The summed E-state index contributed by atoms with van der Waals surface area (Å²) >= 11 is 4.76. The quantitative estimate of drug-likeness (QED) is 0.515. The van der Waals surface area contributed by atoms with E-state index in [0.29, 0.717) is 0 Å². The molecule has 3 N–H and O–H groups in total. The van der Waals surface area contributed by atoms with Gasteiger partial charge in [0.05, 0.1) is 0 Å². The van der Waals surface area contributed by atoms with Gasteiger partial charge in [-0.05, 0) is 36.9 Å². The van der Waals surface area contributed by atoms with Crippen LogP contribution in [-0.2, 0) is 0 Å². The molecule has 1 aromatic heterocycles. The molecule has 0 fully saturated rings. The van der Waals surface area contributed by atoms with Crippen LogP contribution < -0.4 is 5.73 Å². The summed E-state index contributed by atoms with van der Waals surface area (Å²) in [4.78, 5) is 1.08. The Labute approximate surface area is 118 Å². The van der Waals surface area contributed by atoms with Crippen LogP contribution in [0.2, 0.25) is 0 Å². The summed E-state index contributed by atoms with van der Waals surface area (Å²) in [6.45, 7) is 1.95. The van der Waals surface area contributed by atoms with Crippen LogP contribution in [0.5, 0.6) is 0 Å². The summed E-state index contributed by atoms with van der Waals surface area (Å²) < 4.78 is 1.89. The Hall–Kier alpha value is -1.05. The van der Waals surface area contributed by atoms with Gasteiger partial charge in [-0.1, -0.05) is 34.9 Å². The zero-order valence-corrected chi connectivity index (χ0v) is 12.4. The number of amidine groups is 1. The average molecular weight is 296 g/mol. The highest BCUT2D eigenvalue weighted by Crippen LogP contribution is 2.33. The number of nitrogen functional groups attached to an aromatic ring is 1. The Kier molecular flexibility index (Phi) is 4.26. The molecule has 1 heterocycles. The number of nitrogens with one attached hydrogen (secondary N) is 1. The number of rotatable bonds is 4. The Bertz CT molecular complexity index is 579. The van der Waals surface area contributed by atoms with Crippen molar-refractivity contribution in [2.24, 2.45) is 5.73 Å². The van der Waals surface area contributed by atoms with Crippen molar-refractivity contribution >= 4 is 40.7 Å². The van der Waals surface area contributed by atoms with Crippen molar-refractivity contribution in [2.75, 3.05) is 6.26 Å². The van der Waals surface area contributed by atoms with E-state index in [4.69, 9.17) is 11.1 Å². The maximum Gasteiger partial charge on any atom is 0.179 e. The van der Waals surface area contributed by atoms with E-state index in [0.717, 1.165) is 24.7 Å². The third-order valence-electron chi connectivity index (χ3n) is 2.26. The molecule has 0 aliphatic carbocycles. The predicted molar refractivity (Wildman–Crippen MR) is 78.0 cm³/mol. The lowest BCUT2D eigenvalue weighted by Crippen LogP contribution is -2.12. The lowest BCUT2D eigenvalue weighted by molar-refractivity contribution is 0.955. The molecule has 0 bridgehead atoms. The molecule has 0 radical (unpaired) electrons. The lowest BCUT2D eigenvalue weighted by atomic mass is 10.1. The van der Waals surface area contributed by atoms with Crippen LogP contribution >= 0.6 is 34.9 Å². The lowest BCUT2D eigenvalue weighted by Gasteiger charge is -2.05. The Morgan fingerprint density at radius 3 is 2.61 bits per heavy atom. The molecule has 2 aromatic rings. The van der Waals surface area contributed by atoms with Crippen molar-refractivity contribution in [3.8, 4) is 0 Å². The minimum atomic E-state index is 0.102. The fourth-order valence-electron chi connectivity index (χ4n) is 1.42. The van der Waals surface area contributed by atoms with E-state index in [9.17, 15) is 0 Å². The van der Waals surface area contributed by atoms with Crippen molar-refractivity contribution < 1.29 is 0 Å².